The van der Waals surface area contributed by atoms with E-state index in [1.54, 1.807) is 20.8 Å². The summed E-state index contributed by atoms with van der Waals surface area (Å²) < 4.78 is 19.0. The number of anilines is 1. The second kappa shape index (κ2) is 4.97. The van der Waals surface area contributed by atoms with Crippen LogP contribution in [0.2, 0.25) is 0 Å². The SMILES string of the molecule is CC(C)(C)OC(=O)N1CC(C)(C)c2cc(N)c(F)cc2C1=O. The van der Waals surface area contributed by atoms with Crippen molar-refractivity contribution < 1.29 is 18.7 Å². The predicted molar refractivity (Wildman–Crippen MR) is 81.1 cm³/mol. The number of fused-ring (bicyclic) bond motifs is 1. The van der Waals surface area contributed by atoms with Crippen molar-refractivity contribution in [3.05, 3.63) is 29.1 Å². The van der Waals surface area contributed by atoms with Crippen LogP contribution in [0.15, 0.2) is 12.1 Å². The standard InChI is InChI=1S/C16H21FN2O3/c1-15(2,3)22-14(21)19-8-16(4,5)10-7-12(18)11(17)6-9(10)13(19)20/h6-7H,8,18H2,1-5H3. The fourth-order valence-electron chi connectivity index (χ4n) is 2.49. The summed E-state index contributed by atoms with van der Waals surface area (Å²) in [5.41, 5.74) is 5.12. The molecule has 0 saturated carbocycles. The molecular weight excluding hydrogens is 287 g/mol. The van der Waals surface area contributed by atoms with Crippen LogP contribution in [-0.4, -0.2) is 29.0 Å². The summed E-state index contributed by atoms with van der Waals surface area (Å²) in [6.07, 6.45) is -0.728. The number of benzene rings is 1. The third kappa shape index (κ3) is 2.91. The van der Waals surface area contributed by atoms with Gasteiger partial charge in [0, 0.05) is 17.5 Å². The van der Waals surface area contributed by atoms with Crippen molar-refractivity contribution >= 4 is 17.7 Å². The van der Waals surface area contributed by atoms with Crippen LogP contribution < -0.4 is 5.73 Å². The Hall–Kier alpha value is -2.11. The third-order valence-electron chi connectivity index (χ3n) is 3.51. The van der Waals surface area contributed by atoms with Crippen molar-refractivity contribution in [3.8, 4) is 0 Å². The third-order valence-corrected chi connectivity index (χ3v) is 3.51. The van der Waals surface area contributed by atoms with E-state index >= 15 is 0 Å². The molecule has 0 fully saturated rings. The fraction of sp³-hybridized carbons (Fsp3) is 0.500. The van der Waals surface area contributed by atoms with E-state index < -0.39 is 28.8 Å². The molecule has 0 aliphatic carbocycles. The first kappa shape index (κ1) is 16.3. The second-order valence-electron chi connectivity index (χ2n) is 7.17. The van der Waals surface area contributed by atoms with Gasteiger partial charge in [-0.2, -0.15) is 0 Å². The van der Waals surface area contributed by atoms with Gasteiger partial charge in [-0.15, -0.1) is 0 Å². The Kier molecular flexibility index (Phi) is 3.67. The van der Waals surface area contributed by atoms with Gasteiger partial charge in [0.1, 0.15) is 11.4 Å². The number of nitrogen functional groups attached to an aromatic ring is 1. The normalized spacial score (nSPS) is 17.2. The number of nitrogens with zero attached hydrogens (tertiary/aromatic N) is 1. The first-order valence-corrected chi connectivity index (χ1v) is 7.07. The molecule has 0 atom stereocenters. The van der Waals surface area contributed by atoms with Crippen LogP contribution in [0.3, 0.4) is 0 Å². The summed E-state index contributed by atoms with van der Waals surface area (Å²) in [6, 6.07) is 2.56. The van der Waals surface area contributed by atoms with Crippen LogP contribution in [0.1, 0.15) is 50.5 Å². The molecule has 0 radical (unpaired) electrons. The molecule has 2 amide bonds. The molecule has 0 aromatic heterocycles. The number of hydrogen-bond acceptors (Lipinski definition) is 4. The zero-order chi connectivity index (χ0) is 16.9. The Morgan fingerprint density at radius 1 is 1.36 bits per heavy atom. The Balaban J connectivity index is 2.46. The number of rotatable bonds is 0. The summed E-state index contributed by atoms with van der Waals surface area (Å²) in [6.45, 7) is 9.05. The van der Waals surface area contributed by atoms with E-state index in [2.05, 4.69) is 0 Å². The van der Waals surface area contributed by atoms with Crippen LogP contribution in [0.5, 0.6) is 0 Å². The Morgan fingerprint density at radius 2 is 1.95 bits per heavy atom. The summed E-state index contributed by atoms with van der Waals surface area (Å²) in [5.74, 6) is -1.24. The van der Waals surface area contributed by atoms with Gasteiger partial charge in [0.2, 0.25) is 0 Å². The Labute approximate surface area is 129 Å². The largest absolute Gasteiger partial charge is 0.443 e. The van der Waals surface area contributed by atoms with Gasteiger partial charge in [0.05, 0.1) is 5.69 Å². The average molecular weight is 308 g/mol. The highest BCUT2D eigenvalue weighted by Gasteiger charge is 2.41. The molecule has 1 aromatic rings. The molecule has 22 heavy (non-hydrogen) atoms. The lowest BCUT2D eigenvalue weighted by Crippen LogP contribution is -2.51. The molecule has 0 saturated heterocycles. The van der Waals surface area contributed by atoms with Crippen LogP contribution in [0.4, 0.5) is 14.9 Å². The zero-order valence-electron chi connectivity index (χ0n) is 13.5. The molecule has 2 N–H and O–H groups in total. The minimum atomic E-state index is -0.728. The van der Waals surface area contributed by atoms with Crippen LogP contribution >= 0.6 is 0 Å². The second-order valence-corrected chi connectivity index (χ2v) is 7.17. The lowest BCUT2D eigenvalue weighted by atomic mass is 9.78. The highest BCUT2D eigenvalue weighted by atomic mass is 19.1. The first-order chi connectivity index (χ1) is 9.92. The number of imide groups is 1. The predicted octanol–water partition coefficient (Wildman–Crippen LogP) is 3.08. The van der Waals surface area contributed by atoms with E-state index in [0.29, 0.717) is 5.56 Å². The van der Waals surface area contributed by atoms with Gasteiger partial charge in [-0.3, -0.25) is 4.79 Å². The van der Waals surface area contributed by atoms with Crippen LogP contribution in [0.25, 0.3) is 0 Å². The maximum absolute atomic E-state index is 13.7. The van der Waals surface area contributed by atoms with Crippen molar-refractivity contribution in [2.24, 2.45) is 0 Å². The topological polar surface area (TPSA) is 72.6 Å². The Bertz CT molecular complexity index is 648. The number of ether oxygens (including phenoxy) is 1. The molecule has 0 unspecified atom stereocenters. The zero-order valence-corrected chi connectivity index (χ0v) is 13.5. The molecule has 120 valence electrons. The van der Waals surface area contributed by atoms with Gasteiger partial charge < -0.3 is 10.5 Å². The van der Waals surface area contributed by atoms with Crippen molar-refractivity contribution in [2.75, 3.05) is 12.3 Å². The Morgan fingerprint density at radius 3 is 2.50 bits per heavy atom. The number of halogens is 1. The van der Waals surface area contributed by atoms with Crippen LogP contribution in [-0.2, 0) is 10.2 Å². The molecule has 1 aliphatic rings. The molecule has 6 heteroatoms. The van der Waals surface area contributed by atoms with E-state index in [9.17, 15) is 14.0 Å². The lowest BCUT2D eigenvalue weighted by molar-refractivity contribution is 0.0192. The quantitative estimate of drug-likeness (QED) is 0.748. The maximum atomic E-state index is 13.7. The number of carbonyl (C=O) groups is 2. The number of carbonyl (C=O) groups excluding carboxylic acids is 2. The minimum Gasteiger partial charge on any atom is -0.443 e. The highest BCUT2D eigenvalue weighted by molar-refractivity contribution is 6.05. The van der Waals surface area contributed by atoms with E-state index in [1.165, 1.54) is 6.07 Å². The summed E-state index contributed by atoms with van der Waals surface area (Å²) in [7, 11) is 0. The smallest absolute Gasteiger partial charge is 0.417 e. The van der Waals surface area contributed by atoms with E-state index in [-0.39, 0.29) is 17.8 Å². The summed E-state index contributed by atoms with van der Waals surface area (Å²) in [4.78, 5) is 25.8. The van der Waals surface area contributed by atoms with Gasteiger partial charge in [-0.05, 0) is 38.5 Å². The van der Waals surface area contributed by atoms with Gasteiger partial charge in [-0.1, -0.05) is 13.8 Å². The molecule has 1 aromatic carbocycles. The summed E-state index contributed by atoms with van der Waals surface area (Å²) in [5, 5.41) is 0. The summed E-state index contributed by atoms with van der Waals surface area (Å²) >= 11 is 0. The number of hydrogen-bond donors (Lipinski definition) is 1. The molecule has 2 rings (SSSR count). The van der Waals surface area contributed by atoms with Crippen molar-refractivity contribution in [1.29, 1.82) is 0 Å². The van der Waals surface area contributed by atoms with Gasteiger partial charge in [0.15, 0.2) is 0 Å². The first-order valence-electron chi connectivity index (χ1n) is 7.07. The van der Waals surface area contributed by atoms with E-state index in [0.717, 1.165) is 11.0 Å². The number of nitrogens with two attached hydrogens (primary N) is 1. The van der Waals surface area contributed by atoms with Crippen molar-refractivity contribution in [3.63, 3.8) is 0 Å². The lowest BCUT2D eigenvalue weighted by Gasteiger charge is -2.38. The fourth-order valence-corrected chi connectivity index (χ4v) is 2.49. The van der Waals surface area contributed by atoms with Crippen LogP contribution in [0, 0.1) is 5.82 Å². The average Bonchev–Trinajstić information content (AvgIpc) is 2.34. The van der Waals surface area contributed by atoms with Crippen molar-refractivity contribution in [1.82, 2.24) is 4.90 Å². The van der Waals surface area contributed by atoms with E-state index in [4.69, 9.17) is 10.5 Å². The molecule has 1 heterocycles. The number of amides is 2. The van der Waals surface area contributed by atoms with Gasteiger partial charge in [-0.25, -0.2) is 14.1 Å². The molecule has 5 nitrogen and oxygen atoms in total. The molecular formula is C16H21FN2O3. The monoisotopic (exact) mass is 308 g/mol. The van der Waals surface area contributed by atoms with Crippen molar-refractivity contribution in [2.45, 2.75) is 45.6 Å². The maximum Gasteiger partial charge on any atom is 0.417 e. The van der Waals surface area contributed by atoms with Gasteiger partial charge in [0.25, 0.3) is 5.91 Å². The molecule has 1 aliphatic heterocycles. The molecule has 0 bridgehead atoms. The minimum absolute atomic E-state index is 0.00894. The van der Waals surface area contributed by atoms with E-state index in [1.807, 2.05) is 13.8 Å². The molecule has 0 spiro atoms. The highest BCUT2D eigenvalue weighted by Crippen LogP contribution is 2.36. The van der Waals surface area contributed by atoms with Gasteiger partial charge >= 0.3 is 6.09 Å².